The number of carboxylic acids is 1. The molecule has 6 heteroatoms. The lowest BCUT2D eigenvalue weighted by molar-refractivity contribution is -0.384. The van der Waals surface area contributed by atoms with Crippen LogP contribution in [0.5, 0.6) is 0 Å². The average molecular weight is 241 g/mol. The number of hydrogen-bond donors (Lipinski definition) is 1. The van der Waals surface area contributed by atoms with Gasteiger partial charge in [-0.15, -0.1) is 0 Å². The van der Waals surface area contributed by atoms with Crippen molar-refractivity contribution in [3.05, 3.63) is 39.9 Å². The van der Waals surface area contributed by atoms with Crippen molar-refractivity contribution in [2.45, 2.75) is 19.6 Å². The summed E-state index contributed by atoms with van der Waals surface area (Å²) in [4.78, 5) is 19.9. The molecular weight excluding hydrogens is 226 g/mol. The summed E-state index contributed by atoms with van der Waals surface area (Å²) in [5.74, 6) is -1.09. The molecule has 0 saturated carbocycles. The molecule has 1 rings (SSSR count). The third-order valence-corrected chi connectivity index (χ3v) is 1.33. The van der Waals surface area contributed by atoms with Crippen LogP contribution in [0, 0.1) is 10.1 Å². The summed E-state index contributed by atoms with van der Waals surface area (Å²) in [6, 6.07) is 4.70. The average Bonchev–Trinajstić information content (AvgIpc) is 2.17. The Kier molecular flexibility index (Phi) is 6.02. The molecule has 0 saturated heterocycles. The number of aromatic carboxylic acids is 1. The van der Waals surface area contributed by atoms with E-state index in [0.717, 1.165) is 12.1 Å². The highest BCUT2D eigenvalue weighted by atomic mass is 28.3. The quantitative estimate of drug-likeness (QED) is 0.489. The maximum Gasteiger partial charge on any atom is 0.335 e. The van der Waals surface area contributed by atoms with E-state index >= 15 is 0 Å². The first-order valence-corrected chi connectivity index (χ1v) is 8.28. The van der Waals surface area contributed by atoms with Gasteiger partial charge < -0.3 is 5.11 Å². The van der Waals surface area contributed by atoms with Gasteiger partial charge >= 0.3 is 5.97 Å². The third-order valence-electron chi connectivity index (χ3n) is 1.33. The van der Waals surface area contributed by atoms with E-state index in [1.165, 1.54) is 12.1 Å². The highest BCUT2D eigenvalue weighted by molar-refractivity contribution is 6.54. The number of carboxylic acid groups (broad SMARTS) is 1. The molecule has 0 amide bonds. The van der Waals surface area contributed by atoms with Gasteiger partial charge in [0.1, 0.15) is 0 Å². The molecule has 0 fully saturated rings. The zero-order valence-electron chi connectivity index (χ0n) is 9.51. The van der Waals surface area contributed by atoms with E-state index in [1.807, 2.05) is 0 Å². The van der Waals surface area contributed by atoms with Gasteiger partial charge in [0.05, 0.1) is 10.5 Å². The minimum Gasteiger partial charge on any atom is -0.478 e. The van der Waals surface area contributed by atoms with E-state index in [9.17, 15) is 14.9 Å². The zero-order valence-corrected chi connectivity index (χ0v) is 10.7. The van der Waals surface area contributed by atoms with Crippen molar-refractivity contribution in [1.82, 2.24) is 0 Å². The van der Waals surface area contributed by atoms with Crippen molar-refractivity contribution in [1.29, 1.82) is 0 Å². The van der Waals surface area contributed by atoms with Crippen molar-refractivity contribution < 1.29 is 14.8 Å². The first kappa shape index (κ1) is 14.3. The van der Waals surface area contributed by atoms with Crippen molar-refractivity contribution in [3.63, 3.8) is 0 Å². The van der Waals surface area contributed by atoms with Crippen molar-refractivity contribution in [3.8, 4) is 0 Å². The standard InChI is InChI=1S/C7H5NO4.C3H10Si/c9-7(10)5-1-3-6(4-2-5)8(11)12;1-4(2)3/h1-4H,(H,9,10);4H,1-3H3. The molecule has 16 heavy (non-hydrogen) atoms. The lowest BCUT2D eigenvalue weighted by atomic mass is 10.2. The molecule has 0 aliphatic rings. The van der Waals surface area contributed by atoms with Crippen LogP contribution in [0.4, 0.5) is 5.69 Å². The van der Waals surface area contributed by atoms with Crippen LogP contribution in [0.2, 0.25) is 19.6 Å². The normalized spacial score (nSPS) is 9.25. The summed E-state index contributed by atoms with van der Waals surface area (Å²) < 4.78 is 0. The smallest absolute Gasteiger partial charge is 0.335 e. The highest BCUT2D eigenvalue weighted by Crippen LogP contribution is 2.11. The predicted molar refractivity (Wildman–Crippen MR) is 64.8 cm³/mol. The number of benzene rings is 1. The van der Waals surface area contributed by atoms with Gasteiger partial charge in [-0.05, 0) is 12.1 Å². The van der Waals surface area contributed by atoms with Gasteiger partial charge in [0, 0.05) is 20.9 Å². The van der Waals surface area contributed by atoms with Crippen molar-refractivity contribution >= 4 is 20.5 Å². The van der Waals surface area contributed by atoms with E-state index < -0.39 is 10.9 Å². The van der Waals surface area contributed by atoms with Crippen LogP contribution in [-0.2, 0) is 0 Å². The number of hydrogen-bond acceptors (Lipinski definition) is 3. The Hall–Kier alpha value is -1.69. The molecule has 88 valence electrons. The van der Waals surface area contributed by atoms with Crippen LogP contribution < -0.4 is 0 Å². The maximum atomic E-state index is 10.3. The second-order valence-corrected chi connectivity index (χ2v) is 7.31. The molecule has 0 unspecified atom stereocenters. The topological polar surface area (TPSA) is 80.4 Å². The molecular formula is C10H15NO4Si. The Balaban J connectivity index is 0.000000487. The number of non-ortho nitro benzene ring substituents is 1. The summed E-state index contributed by atoms with van der Waals surface area (Å²) >= 11 is 0. The number of rotatable bonds is 2. The first-order valence-electron chi connectivity index (χ1n) is 4.82. The Morgan fingerprint density at radius 3 is 1.88 bits per heavy atom. The molecule has 1 N–H and O–H groups in total. The Morgan fingerprint density at radius 2 is 1.62 bits per heavy atom. The van der Waals surface area contributed by atoms with E-state index in [4.69, 9.17) is 5.11 Å². The highest BCUT2D eigenvalue weighted by Gasteiger charge is 2.06. The fourth-order valence-electron chi connectivity index (χ4n) is 0.726. The summed E-state index contributed by atoms with van der Waals surface area (Å²) in [5, 5.41) is 18.6. The molecule has 0 aliphatic heterocycles. The van der Waals surface area contributed by atoms with Crippen molar-refractivity contribution in [2.75, 3.05) is 0 Å². The SMILES string of the molecule is C[SiH](C)C.O=C(O)c1ccc([N+](=O)[O-])cc1. The lowest BCUT2D eigenvalue weighted by Gasteiger charge is -1.92. The first-order chi connectivity index (χ1) is 7.34. The monoisotopic (exact) mass is 241 g/mol. The molecule has 5 nitrogen and oxygen atoms in total. The van der Waals surface area contributed by atoms with Crippen LogP contribution in [-0.4, -0.2) is 24.8 Å². The van der Waals surface area contributed by atoms with Crippen LogP contribution in [0.1, 0.15) is 10.4 Å². The molecule has 0 bridgehead atoms. The van der Waals surface area contributed by atoms with Gasteiger partial charge in [-0.25, -0.2) is 4.79 Å². The minimum atomic E-state index is -1.09. The maximum absolute atomic E-state index is 10.3. The molecule has 0 atom stereocenters. The summed E-state index contributed by atoms with van der Waals surface area (Å²) in [6.45, 7) is 6.92. The summed E-state index contributed by atoms with van der Waals surface area (Å²) in [7, 11) is -0.139. The largest absolute Gasteiger partial charge is 0.478 e. The Bertz CT molecular complexity index is 326. The van der Waals surface area contributed by atoms with Crippen LogP contribution in [0.15, 0.2) is 24.3 Å². The van der Waals surface area contributed by atoms with Gasteiger partial charge in [-0.3, -0.25) is 10.1 Å². The summed E-state index contributed by atoms with van der Waals surface area (Å²) in [6.07, 6.45) is 0. The fourth-order valence-corrected chi connectivity index (χ4v) is 0.726. The van der Waals surface area contributed by atoms with Crippen LogP contribution >= 0.6 is 0 Å². The molecule has 1 aromatic carbocycles. The van der Waals surface area contributed by atoms with Crippen molar-refractivity contribution in [2.24, 2.45) is 0 Å². The fraction of sp³-hybridized carbons (Fsp3) is 0.300. The zero-order chi connectivity index (χ0) is 12.7. The van der Waals surface area contributed by atoms with Gasteiger partial charge in [0.25, 0.3) is 5.69 Å². The van der Waals surface area contributed by atoms with E-state index in [1.54, 1.807) is 0 Å². The molecule has 1 aromatic rings. The van der Waals surface area contributed by atoms with Gasteiger partial charge in [-0.1, -0.05) is 19.6 Å². The molecule has 0 radical (unpaired) electrons. The molecule has 0 aromatic heterocycles. The Labute approximate surface area is 95.5 Å². The van der Waals surface area contributed by atoms with Gasteiger partial charge in [-0.2, -0.15) is 0 Å². The number of carbonyl (C=O) groups is 1. The van der Waals surface area contributed by atoms with Gasteiger partial charge in [0.15, 0.2) is 0 Å². The van der Waals surface area contributed by atoms with E-state index in [-0.39, 0.29) is 20.0 Å². The third kappa shape index (κ3) is 5.92. The van der Waals surface area contributed by atoms with Gasteiger partial charge in [0.2, 0.25) is 0 Å². The summed E-state index contributed by atoms with van der Waals surface area (Å²) in [5.41, 5.74) is -0.0689. The molecule has 0 spiro atoms. The second-order valence-electron chi connectivity index (χ2n) is 3.84. The van der Waals surface area contributed by atoms with E-state index in [0.29, 0.717) is 0 Å². The lowest BCUT2D eigenvalue weighted by Crippen LogP contribution is -1.96. The van der Waals surface area contributed by atoms with Crippen LogP contribution in [0.3, 0.4) is 0 Å². The molecule has 0 aliphatic carbocycles. The number of nitro benzene ring substituents is 1. The van der Waals surface area contributed by atoms with Crippen LogP contribution in [0.25, 0.3) is 0 Å². The number of nitrogens with zero attached hydrogens (tertiary/aromatic N) is 1. The predicted octanol–water partition coefficient (Wildman–Crippen LogP) is 2.40. The molecule has 0 heterocycles. The minimum absolute atomic E-state index is 0.0422. The Morgan fingerprint density at radius 1 is 1.25 bits per heavy atom. The second kappa shape index (κ2) is 6.73. The number of nitro groups is 1. The van der Waals surface area contributed by atoms with E-state index in [2.05, 4.69) is 19.6 Å².